The molecule has 3 N–H and O–H groups in total. The lowest BCUT2D eigenvalue weighted by Crippen LogP contribution is -2.42. The van der Waals surface area contributed by atoms with Crippen LogP contribution >= 0.6 is 0 Å². The fourth-order valence-electron chi connectivity index (χ4n) is 4.82. The SMILES string of the molecule is CCn1c(C2CCCN(C(=O)OC(C)(C)C)C2)nc2c(N)nc3cc(-c4cc[nH]n4)ccc3c21. The number of piperidine rings is 1. The van der Waals surface area contributed by atoms with Crippen molar-refractivity contribution in [2.24, 2.45) is 0 Å². The molecule has 1 amide bonds. The fourth-order valence-corrected chi connectivity index (χ4v) is 4.82. The van der Waals surface area contributed by atoms with Crippen molar-refractivity contribution in [3.63, 3.8) is 0 Å². The maximum atomic E-state index is 12.7. The summed E-state index contributed by atoms with van der Waals surface area (Å²) in [6, 6.07) is 8.06. The summed E-state index contributed by atoms with van der Waals surface area (Å²) in [5, 5.41) is 8.13. The molecular formula is C25H31N7O2. The standard InChI is InChI=1S/C25H31N7O2/c1-5-32-21-17-9-8-15(18-10-11-27-30-18)13-19(17)28-22(26)20(21)29-23(32)16-7-6-12-31(14-16)24(33)34-25(2,3)4/h8-11,13,16H,5-7,12,14H2,1-4H3,(H2,26,28)(H,27,30). The van der Waals surface area contributed by atoms with Crippen LogP contribution in [-0.2, 0) is 11.3 Å². The average molecular weight is 462 g/mol. The maximum Gasteiger partial charge on any atom is 0.410 e. The van der Waals surface area contributed by atoms with E-state index in [1.165, 1.54) is 0 Å². The number of aromatic amines is 1. The van der Waals surface area contributed by atoms with Crippen LogP contribution in [0.5, 0.6) is 0 Å². The van der Waals surface area contributed by atoms with Gasteiger partial charge in [-0.05, 0) is 58.7 Å². The van der Waals surface area contributed by atoms with Gasteiger partial charge in [0.1, 0.15) is 16.9 Å². The molecule has 0 bridgehead atoms. The van der Waals surface area contributed by atoms with Gasteiger partial charge in [-0.1, -0.05) is 6.07 Å². The zero-order valence-corrected chi connectivity index (χ0v) is 20.1. The minimum Gasteiger partial charge on any atom is -0.444 e. The zero-order valence-electron chi connectivity index (χ0n) is 20.1. The van der Waals surface area contributed by atoms with Crippen LogP contribution in [0, 0.1) is 0 Å². The molecule has 1 aliphatic rings. The monoisotopic (exact) mass is 461 g/mol. The largest absolute Gasteiger partial charge is 0.444 e. The number of nitrogens with one attached hydrogen (secondary N) is 1. The molecular weight excluding hydrogens is 430 g/mol. The number of ether oxygens (including phenoxy) is 1. The molecule has 178 valence electrons. The van der Waals surface area contributed by atoms with Crippen molar-refractivity contribution in [2.75, 3.05) is 18.8 Å². The number of nitrogen functional groups attached to an aromatic ring is 1. The number of fused-ring (bicyclic) bond motifs is 3. The molecule has 0 aliphatic carbocycles. The van der Waals surface area contributed by atoms with Crippen LogP contribution in [0.25, 0.3) is 33.2 Å². The summed E-state index contributed by atoms with van der Waals surface area (Å²) in [5.41, 5.74) is 10.2. The van der Waals surface area contributed by atoms with Crippen LogP contribution in [0.4, 0.5) is 10.6 Å². The minimum absolute atomic E-state index is 0.103. The Morgan fingerprint density at radius 2 is 2.09 bits per heavy atom. The summed E-state index contributed by atoms with van der Waals surface area (Å²) < 4.78 is 7.85. The predicted molar refractivity (Wildman–Crippen MR) is 132 cm³/mol. The normalized spacial score (nSPS) is 16.9. The number of carbonyl (C=O) groups is 1. The van der Waals surface area contributed by atoms with Gasteiger partial charge in [-0.15, -0.1) is 0 Å². The van der Waals surface area contributed by atoms with E-state index in [4.69, 9.17) is 15.5 Å². The quantitative estimate of drug-likeness (QED) is 0.457. The lowest BCUT2D eigenvalue weighted by molar-refractivity contribution is 0.0195. The van der Waals surface area contributed by atoms with E-state index in [9.17, 15) is 4.79 Å². The van der Waals surface area contributed by atoms with Gasteiger partial charge in [-0.3, -0.25) is 5.10 Å². The number of H-pyrrole nitrogens is 1. The number of nitrogens with zero attached hydrogens (tertiary/aromatic N) is 5. The van der Waals surface area contributed by atoms with E-state index >= 15 is 0 Å². The van der Waals surface area contributed by atoms with E-state index in [1.807, 2.05) is 39.0 Å². The molecule has 5 rings (SSSR count). The molecule has 4 heterocycles. The first kappa shape index (κ1) is 22.2. The van der Waals surface area contributed by atoms with E-state index in [1.54, 1.807) is 11.1 Å². The number of imidazole rings is 1. The minimum atomic E-state index is -0.519. The average Bonchev–Trinajstić information content (AvgIpc) is 3.46. The number of rotatable bonds is 3. The lowest BCUT2D eigenvalue weighted by Gasteiger charge is -2.34. The Morgan fingerprint density at radius 3 is 2.79 bits per heavy atom. The first-order chi connectivity index (χ1) is 16.2. The Labute approximate surface area is 198 Å². The summed E-state index contributed by atoms with van der Waals surface area (Å²) in [6.07, 6.45) is 3.39. The van der Waals surface area contributed by atoms with Crippen molar-refractivity contribution in [3.8, 4) is 11.3 Å². The highest BCUT2D eigenvalue weighted by molar-refractivity contribution is 6.07. The Morgan fingerprint density at radius 1 is 1.26 bits per heavy atom. The second-order valence-corrected chi connectivity index (χ2v) is 9.87. The first-order valence-corrected chi connectivity index (χ1v) is 11.8. The molecule has 34 heavy (non-hydrogen) atoms. The number of pyridine rings is 1. The summed E-state index contributed by atoms with van der Waals surface area (Å²) in [7, 11) is 0. The molecule has 9 nitrogen and oxygen atoms in total. The number of nitrogens with two attached hydrogens (primary N) is 1. The topological polar surface area (TPSA) is 115 Å². The van der Waals surface area contributed by atoms with Crippen molar-refractivity contribution in [1.82, 2.24) is 29.6 Å². The molecule has 1 aliphatic heterocycles. The van der Waals surface area contributed by atoms with Crippen LogP contribution in [0.2, 0.25) is 0 Å². The van der Waals surface area contributed by atoms with Crippen molar-refractivity contribution < 1.29 is 9.53 Å². The van der Waals surface area contributed by atoms with Gasteiger partial charge in [0.15, 0.2) is 5.82 Å². The van der Waals surface area contributed by atoms with Gasteiger partial charge in [0, 0.05) is 42.7 Å². The van der Waals surface area contributed by atoms with Crippen LogP contribution in [0.3, 0.4) is 0 Å². The Balaban J connectivity index is 1.56. The third-order valence-corrected chi connectivity index (χ3v) is 6.28. The third kappa shape index (κ3) is 3.95. The van der Waals surface area contributed by atoms with Gasteiger partial charge in [-0.25, -0.2) is 14.8 Å². The smallest absolute Gasteiger partial charge is 0.410 e. The van der Waals surface area contributed by atoms with Crippen LogP contribution < -0.4 is 5.73 Å². The molecule has 0 spiro atoms. The number of hydrogen-bond donors (Lipinski definition) is 2. The Hall–Kier alpha value is -3.62. The first-order valence-electron chi connectivity index (χ1n) is 11.8. The fraction of sp³-hybridized carbons (Fsp3) is 0.440. The molecule has 1 unspecified atom stereocenters. The van der Waals surface area contributed by atoms with E-state index in [0.29, 0.717) is 24.4 Å². The maximum absolute atomic E-state index is 12.7. The zero-order chi connectivity index (χ0) is 24.0. The number of likely N-dealkylation sites (tertiary alicyclic amines) is 1. The van der Waals surface area contributed by atoms with Gasteiger partial charge in [0.05, 0.1) is 16.7 Å². The lowest BCUT2D eigenvalue weighted by atomic mass is 9.97. The number of aryl methyl sites for hydroxylation is 1. The highest BCUT2D eigenvalue weighted by Gasteiger charge is 2.31. The number of hydrogen-bond acceptors (Lipinski definition) is 6. The number of aromatic nitrogens is 5. The molecule has 1 fully saturated rings. The second-order valence-electron chi connectivity index (χ2n) is 9.87. The second kappa shape index (κ2) is 8.30. The van der Waals surface area contributed by atoms with Gasteiger partial charge in [0.2, 0.25) is 0 Å². The number of anilines is 1. The van der Waals surface area contributed by atoms with Gasteiger partial charge >= 0.3 is 6.09 Å². The predicted octanol–water partition coefficient (Wildman–Crippen LogP) is 4.69. The van der Waals surface area contributed by atoms with E-state index in [-0.39, 0.29) is 12.0 Å². The van der Waals surface area contributed by atoms with Gasteiger partial charge < -0.3 is 19.9 Å². The molecule has 1 saturated heterocycles. The van der Waals surface area contributed by atoms with Crippen molar-refractivity contribution in [3.05, 3.63) is 36.3 Å². The number of benzene rings is 1. The molecule has 9 heteroatoms. The highest BCUT2D eigenvalue weighted by atomic mass is 16.6. The third-order valence-electron chi connectivity index (χ3n) is 6.28. The summed E-state index contributed by atoms with van der Waals surface area (Å²) in [6.45, 7) is 9.80. The summed E-state index contributed by atoms with van der Waals surface area (Å²) in [5.74, 6) is 1.46. The van der Waals surface area contributed by atoms with Crippen molar-refractivity contribution in [1.29, 1.82) is 0 Å². The van der Waals surface area contributed by atoms with Gasteiger partial charge in [-0.2, -0.15) is 5.10 Å². The van der Waals surface area contributed by atoms with E-state index in [0.717, 1.165) is 52.9 Å². The number of carbonyl (C=O) groups excluding carboxylic acids is 1. The molecule has 3 aromatic heterocycles. The van der Waals surface area contributed by atoms with Crippen LogP contribution in [-0.4, -0.2) is 54.4 Å². The van der Waals surface area contributed by atoms with Crippen molar-refractivity contribution in [2.45, 2.75) is 58.6 Å². The molecule has 0 radical (unpaired) electrons. The Kier molecular flexibility index (Phi) is 5.42. The molecule has 1 aromatic carbocycles. The van der Waals surface area contributed by atoms with E-state index < -0.39 is 5.60 Å². The van der Waals surface area contributed by atoms with E-state index in [2.05, 4.69) is 32.7 Å². The van der Waals surface area contributed by atoms with Crippen molar-refractivity contribution >= 4 is 33.8 Å². The number of amides is 1. The van der Waals surface area contributed by atoms with Gasteiger partial charge in [0.25, 0.3) is 0 Å². The molecule has 0 saturated carbocycles. The summed E-state index contributed by atoms with van der Waals surface area (Å²) in [4.78, 5) is 24.2. The Bertz CT molecular complexity index is 1350. The highest BCUT2D eigenvalue weighted by Crippen LogP contribution is 2.35. The molecule has 4 aromatic rings. The van der Waals surface area contributed by atoms with Crippen LogP contribution in [0.15, 0.2) is 30.5 Å². The van der Waals surface area contributed by atoms with Crippen LogP contribution in [0.1, 0.15) is 52.3 Å². The summed E-state index contributed by atoms with van der Waals surface area (Å²) >= 11 is 0. The molecule has 1 atom stereocenters.